The summed E-state index contributed by atoms with van der Waals surface area (Å²) in [6.07, 6.45) is 1.49. The number of hydrogen-bond acceptors (Lipinski definition) is 4. The number of benzene rings is 2. The minimum Gasteiger partial charge on any atom is -0.480 e. The third-order valence-electron chi connectivity index (χ3n) is 6.93. The second kappa shape index (κ2) is 9.25. The zero-order chi connectivity index (χ0) is 23.6. The van der Waals surface area contributed by atoms with Crippen molar-refractivity contribution in [2.75, 3.05) is 13.2 Å². The summed E-state index contributed by atoms with van der Waals surface area (Å²) in [7, 11) is 0. The van der Waals surface area contributed by atoms with E-state index < -0.39 is 23.5 Å². The fourth-order valence-electron chi connectivity index (χ4n) is 4.79. The summed E-state index contributed by atoms with van der Waals surface area (Å²) in [5.74, 6) is -1.66. The van der Waals surface area contributed by atoms with Crippen molar-refractivity contribution in [2.24, 2.45) is 11.3 Å². The summed E-state index contributed by atoms with van der Waals surface area (Å²) < 4.78 is 5.57. The third kappa shape index (κ3) is 4.45. The number of carbonyl (C=O) groups is 3. The van der Waals surface area contributed by atoms with Crippen LogP contribution in [0.25, 0.3) is 11.1 Å². The first-order chi connectivity index (χ1) is 15.8. The number of alkyl carbamates (subject to hydrolysis) is 1. The van der Waals surface area contributed by atoms with E-state index in [1.165, 1.54) is 0 Å². The fraction of sp³-hybridized carbons (Fsp3) is 0.423. The number of aliphatic carboxylic acids is 1. The number of nitrogens with one attached hydrogen (secondary N) is 2. The van der Waals surface area contributed by atoms with Crippen molar-refractivity contribution in [1.29, 1.82) is 0 Å². The first kappa shape index (κ1) is 22.8. The first-order valence-corrected chi connectivity index (χ1v) is 11.4. The summed E-state index contributed by atoms with van der Waals surface area (Å²) >= 11 is 0. The van der Waals surface area contributed by atoms with Crippen LogP contribution in [-0.2, 0) is 14.3 Å². The first-order valence-electron chi connectivity index (χ1n) is 11.4. The predicted octanol–water partition coefficient (Wildman–Crippen LogP) is 3.92. The van der Waals surface area contributed by atoms with E-state index in [2.05, 4.69) is 34.9 Å². The van der Waals surface area contributed by atoms with Gasteiger partial charge in [0.15, 0.2) is 0 Å². The minimum absolute atomic E-state index is 0.0357. The second-order valence-electron chi connectivity index (χ2n) is 9.35. The average molecular weight is 451 g/mol. The van der Waals surface area contributed by atoms with Gasteiger partial charge in [-0.15, -0.1) is 0 Å². The Morgan fingerprint density at radius 2 is 1.61 bits per heavy atom. The van der Waals surface area contributed by atoms with E-state index in [1.54, 1.807) is 13.8 Å². The van der Waals surface area contributed by atoms with E-state index in [4.69, 9.17) is 4.74 Å². The summed E-state index contributed by atoms with van der Waals surface area (Å²) in [6, 6.07) is 15.3. The van der Waals surface area contributed by atoms with Crippen molar-refractivity contribution in [3.63, 3.8) is 0 Å². The van der Waals surface area contributed by atoms with Gasteiger partial charge in [-0.05, 0) is 41.0 Å². The van der Waals surface area contributed by atoms with Gasteiger partial charge in [-0.1, -0.05) is 68.8 Å². The van der Waals surface area contributed by atoms with Gasteiger partial charge in [0.05, 0.1) is 5.41 Å². The van der Waals surface area contributed by atoms with E-state index in [0.717, 1.165) is 28.7 Å². The SMILES string of the molecule is CC(C)[C@H](NC(=O)C1(CNC(=O)OCC2c3ccccc3-c3ccccc32)CCC1)C(=O)O. The van der Waals surface area contributed by atoms with Crippen LogP contribution in [0.5, 0.6) is 0 Å². The largest absolute Gasteiger partial charge is 0.480 e. The molecule has 4 rings (SSSR count). The van der Waals surface area contributed by atoms with Gasteiger partial charge >= 0.3 is 12.1 Å². The summed E-state index contributed by atoms with van der Waals surface area (Å²) in [5, 5.41) is 14.8. The number of rotatable bonds is 8. The molecule has 2 aromatic rings. The van der Waals surface area contributed by atoms with Gasteiger partial charge in [0.1, 0.15) is 12.6 Å². The van der Waals surface area contributed by atoms with Crippen molar-refractivity contribution in [2.45, 2.75) is 45.1 Å². The summed E-state index contributed by atoms with van der Waals surface area (Å²) in [6.45, 7) is 3.83. The maximum Gasteiger partial charge on any atom is 0.407 e. The van der Waals surface area contributed by atoms with Gasteiger partial charge < -0.3 is 20.5 Å². The zero-order valence-electron chi connectivity index (χ0n) is 19.0. The second-order valence-corrected chi connectivity index (χ2v) is 9.35. The molecule has 0 saturated heterocycles. The topological polar surface area (TPSA) is 105 Å². The Hall–Kier alpha value is -3.35. The number of carboxylic acid groups (broad SMARTS) is 1. The van der Waals surface area contributed by atoms with Crippen LogP contribution in [0, 0.1) is 11.3 Å². The van der Waals surface area contributed by atoms with E-state index in [-0.39, 0.29) is 30.9 Å². The van der Waals surface area contributed by atoms with E-state index >= 15 is 0 Å². The van der Waals surface area contributed by atoms with Gasteiger partial charge in [0, 0.05) is 12.5 Å². The van der Waals surface area contributed by atoms with Crippen LogP contribution in [0.3, 0.4) is 0 Å². The molecular formula is C26H30N2O5. The van der Waals surface area contributed by atoms with E-state index in [1.807, 2.05) is 24.3 Å². The lowest BCUT2D eigenvalue weighted by Gasteiger charge is -2.41. The van der Waals surface area contributed by atoms with Gasteiger partial charge in [-0.3, -0.25) is 4.79 Å². The van der Waals surface area contributed by atoms with Gasteiger partial charge in [0.25, 0.3) is 0 Å². The Morgan fingerprint density at radius 3 is 2.09 bits per heavy atom. The quantitative estimate of drug-likeness (QED) is 0.565. The molecule has 1 fully saturated rings. The Balaban J connectivity index is 1.36. The van der Waals surface area contributed by atoms with Crippen LogP contribution >= 0.6 is 0 Å². The van der Waals surface area contributed by atoms with Crippen molar-refractivity contribution >= 4 is 18.0 Å². The monoisotopic (exact) mass is 450 g/mol. The van der Waals surface area contributed by atoms with Gasteiger partial charge in [-0.2, -0.15) is 0 Å². The van der Waals surface area contributed by atoms with Crippen LogP contribution in [0.15, 0.2) is 48.5 Å². The molecule has 3 N–H and O–H groups in total. The summed E-state index contributed by atoms with van der Waals surface area (Å²) in [4.78, 5) is 36.8. The number of amides is 2. The Morgan fingerprint density at radius 1 is 1.03 bits per heavy atom. The number of ether oxygens (including phenoxy) is 1. The number of carboxylic acids is 1. The van der Waals surface area contributed by atoms with Crippen molar-refractivity contribution in [3.05, 3.63) is 59.7 Å². The Labute approximate surface area is 193 Å². The number of hydrogen-bond donors (Lipinski definition) is 3. The number of carbonyl (C=O) groups excluding carboxylic acids is 2. The normalized spacial score (nSPS) is 16.8. The highest BCUT2D eigenvalue weighted by atomic mass is 16.5. The van der Waals surface area contributed by atoms with Crippen LogP contribution in [0.4, 0.5) is 4.79 Å². The molecule has 0 aromatic heterocycles. The molecule has 0 bridgehead atoms. The predicted molar refractivity (Wildman–Crippen MR) is 124 cm³/mol. The molecule has 7 heteroatoms. The van der Waals surface area contributed by atoms with E-state index in [9.17, 15) is 19.5 Å². The fourth-order valence-corrected chi connectivity index (χ4v) is 4.79. The molecule has 1 saturated carbocycles. The lowest BCUT2D eigenvalue weighted by Crippen LogP contribution is -2.56. The molecule has 2 aromatic carbocycles. The highest BCUT2D eigenvalue weighted by Crippen LogP contribution is 2.44. The van der Waals surface area contributed by atoms with Crippen molar-refractivity contribution in [1.82, 2.24) is 10.6 Å². The molecule has 33 heavy (non-hydrogen) atoms. The molecule has 0 unspecified atom stereocenters. The lowest BCUT2D eigenvalue weighted by atomic mass is 9.67. The highest BCUT2D eigenvalue weighted by Gasteiger charge is 2.45. The van der Waals surface area contributed by atoms with Crippen LogP contribution in [-0.4, -0.2) is 42.3 Å². The molecule has 7 nitrogen and oxygen atoms in total. The molecule has 1 atom stereocenters. The standard InChI is InChI=1S/C26H30N2O5/c1-16(2)22(23(29)30)28-24(31)26(12-7-13-26)15-27-25(32)33-14-21-19-10-5-3-8-17(19)18-9-4-6-11-20(18)21/h3-6,8-11,16,21-22H,7,12-15H2,1-2H3,(H,27,32)(H,28,31)(H,29,30)/t22-/m0/s1. The van der Waals surface area contributed by atoms with Crippen molar-refractivity contribution < 1.29 is 24.2 Å². The molecule has 2 amide bonds. The van der Waals surface area contributed by atoms with E-state index in [0.29, 0.717) is 12.8 Å². The zero-order valence-corrected chi connectivity index (χ0v) is 19.0. The average Bonchev–Trinajstić information content (AvgIpc) is 3.08. The molecule has 0 radical (unpaired) electrons. The molecule has 0 aliphatic heterocycles. The van der Waals surface area contributed by atoms with Crippen LogP contribution in [0.2, 0.25) is 0 Å². The van der Waals surface area contributed by atoms with Gasteiger partial charge in [0.2, 0.25) is 5.91 Å². The summed E-state index contributed by atoms with van der Waals surface area (Å²) in [5.41, 5.74) is 3.80. The molecular weight excluding hydrogens is 420 g/mol. The number of fused-ring (bicyclic) bond motifs is 3. The van der Waals surface area contributed by atoms with Crippen molar-refractivity contribution in [3.8, 4) is 11.1 Å². The smallest absolute Gasteiger partial charge is 0.407 e. The molecule has 0 heterocycles. The maximum atomic E-state index is 12.9. The molecule has 2 aliphatic carbocycles. The van der Waals surface area contributed by atoms with Crippen LogP contribution in [0.1, 0.15) is 50.2 Å². The Bertz CT molecular complexity index is 1010. The maximum absolute atomic E-state index is 12.9. The van der Waals surface area contributed by atoms with Gasteiger partial charge in [-0.25, -0.2) is 9.59 Å². The minimum atomic E-state index is -1.06. The Kier molecular flexibility index (Phi) is 6.40. The molecule has 0 spiro atoms. The third-order valence-corrected chi connectivity index (χ3v) is 6.93. The lowest BCUT2D eigenvalue weighted by molar-refractivity contribution is -0.146. The molecule has 2 aliphatic rings. The highest BCUT2D eigenvalue weighted by molar-refractivity contribution is 5.88. The van der Waals surface area contributed by atoms with Crippen LogP contribution < -0.4 is 10.6 Å². The molecule has 174 valence electrons.